The highest BCUT2D eigenvalue weighted by molar-refractivity contribution is 5.80. The minimum Gasteiger partial charge on any atom is -0.478 e. The molecule has 0 aromatic heterocycles. The Kier molecular flexibility index (Phi) is 6.94. The molecule has 0 saturated heterocycles. The number of hydrogen-bond acceptors (Lipinski definition) is 1. The normalized spacial score (nSPS) is 12.1. The molecule has 0 aromatic carbocycles. The van der Waals surface area contributed by atoms with Crippen molar-refractivity contribution in [3.05, 3.63) is 36.5 Å². The van der Waals surface area contributed by atoms with Crippen molar-refractivity contribution in [2.75, 3.05) is 0 Å². The van der Waals surface area contributed by atoms with E-state index >= 15 is 0 Å². The molecule has 0 aliphatic rings. The number of carboxylic acid groups (broad SMARTS) is 1. The molecule has 0 bridgehead atoms. The standard InChI is InChI=1S/C10H14O2/c1-2-3-4-5-6-7-8-9-10(11)12/h4-9H,2-3H2,1H3,(H,11,12)/b5-4-,7-6-,9-8+. The van der Waals surface area contributed by atoms with Crippen LogP contribution in [0.2, 0.25) is 0 Å². The maximum atomic E-state index is 10.00. The van der Waals surface area contributed by atoms with Crippen LogP contribution in [-0.4, -0.2) is 11.1 Å². The second-order valence-corrected chi connectivity index (χ2v) is 2.30. The lowest BCUT2D eigenvalue weighted by Gasteiger charge is -1.79. The van der Waals surface area contributed by atoms with Crippen molar-refractivity contribution in [2.45, 2.75) is 19.8 Å². The Labute approximate surface area is 72.9 Å². The third kappa shape index (κ3) is 8.69. The first kappa shape index (κ1) is 10.7. The van der Waals surface area contributed by atoms with Crippen molar-refractivity contribution in [1.29, 1.82) is 0 Å². The molecule has 0 aromatic rings. The zero-order valence-corrected chi connectivity index (χ0v) is 7.23. The first-order valence-corrected chi connectivity index (χ1v) is 4.00. The van der Waals surface area contributed by atoms with Gasteiger partial charge >= 0.3 is 5.97 Å². The second-order valence-electron chi connectivity index (χ2n) is 2.30. The van der Waals surface area contributed by atoms with Crippen LogP contribution >= 0.6 is 0 Å². The zero-order valence-electron chi connectivity index (χ0n) is 7.23. The molecule has 0 unspecified atom stereocenters. The van der Waals surface area contributed by atoms with Crippen LogP contribution < -0.4 is 0 Å². The van der Waals surface area contributed by atoms with Gasteiger partial charge in [-0.25, -0.2) is 4.79 Å². The van der Waals surface area contributed by atoms with Crippen LogP contribution in [0.15, 0.2) is 36.5 Å². The van der Waals surface area contributed by atoms with Gasteiger partial charge in [-0.3, -0.25) is 0 Å². The summed E-state index contributed by atoms with van der Waals surface area (Å²) in [5.41, 5.74) is 0. The summed E-state index contributed by atoms with van der Waals surface area (Å²) in [6.45, 7) is 2.11. The van der Waals surface area contributed by atoms with Gasteiger partial charge in [0.05, 0.1) is 0 Å². The van der Waals surface area contributed by atoms with E-state index in [1.807, 2.05) is 18.2 Å². The first-order valence-electron chi connectivity index (χ1n) is 4.00. The van der Waals surface area contributed by atoms with E-state index in [1.165, 1.54) is 6.08 Å². The topological polar surface area (TPSA) is 37.3 Å². The smallest absolute Gasteiger partial charge is 0.328 e. The zero-order chi connectivity index (χ0) is 9.23. The van der Waals surface area contributed by atoms with Gasteiger partial charge in [-0.1, -0.05) is 43.7 Å². The molecular formula is C10H14O2. The molecule has 2 nitrogen and oxygen atoms in total. The SMILES string of the molecule is CCC\C=C/C=C\C=C\C(=O)O. The molecule has 66 valence electrons. The fourth-order valence-corrected chi connectivity index (χ4v) is 0.608. The Morgan fingerprint density at radius 3 is 2.50 bits per heavy atom. The summed E-state index contributed by atoms with van der Waals surface area (Å²) in [6, 6.07) is 0. The molecule has 0 aliphatic carbocycles. The van der Waals surface area contributed by atoms with Crippen molar-refractivity contribution in [2.24, 2.45) is 0 Å². The summed E-state index contributed by atoms with van der Waals surface area (Å²) in [7, 11) is 0. The quantitative estimate of drug-likeness (QED) is 0.503. The Balaban J connectivity index is 3.56. The van der Waals surface area contributed by atoms with Crippen LogP contribution in [0.25, 0.3) is 0 Å². The highest BCUT2D eigenvalue weighted by atomic mass is 16.4. The van der Waals surface area contributed by atoms with Gasteiger partial charge in [0.2, 0.25) is 0 Å². The van der Waals surface area contributed by atoms with Crippen molar-refractivity contribution in [1.82, 2.24) is 0 Å². The van der Waals surface area contributed by atoms with Crippen LogP contribution in [0, 0.1) is 0 Å². The van der Waals surface area contributed by atoms with Gasteiger partial charge in [-0.15, -0.1) is 0 Å². The van der Waals surface area contributed by atoms with Crippen LogP contribution in [-0.2, 0) is 4.79 Å². The number of aliphatic carboxylic acids is 1. The predicted octanol–water partition coefficient (Wildman–Crippen LogP) is 2.54. The van der Waals surface area contributed by atoms with E-state index in [2.05, 4.69) is 6.92 Å². The van der Waals surface area contributed by atoms with Gasteiger partial charge in [0.1, 0.15) is 0 Å². The molecule has 12 heavy (non-hydrogen) atoms. The van der Waals surface area contributed by atoms with E-state index in [0.29, 0.717) is 0 Å². The fraction of sp³-hybridized carbons (Fsp3) is 0.300. The van der Waals surface area contributed by atoms with Crippen LogP contribution in [0.3, 0.4) is 0 Å². The van der Waals surface area contributed by atoms with Gasteiger partial charge < -0.3 is 5.11 Å². The Bertz CT molecular complexity index is 200. The van der Waals surface area contributed by atoms with E-state index in [1.54, 1.807) is 6.08 Å². The average Bonchev–Trinajstić information content (AvgIpc) is 2.02. The van der Waals surface area contributed by atoms with Gasteiger partial charge in [-0.2, -0.15) is 0 Å². The van der Waals surface area contributed by atoms with Crippen LogP contribution in [0.1, 0.15) is 19.8 Å². The van der Waals surface area contributed by atoms with Crippen LogP contribution in [0.4, 0.5) is 0 Å². The highest BCUT2D eigenvalue weighted by Gasteiger charge is 1.79. The molecule has 0 spiro atoms. The summed E-state index contributed by atoms with van der Waals surface area (Å²) in [6.07, 6.45) is 12.3. The van der Waals surface area contributed by atoms with Crippen molar-refractivity contribution >= 4 is 5.97 Å². The van der Waals surface area contributed by atoms with E-state index in [4.69, 9.17) is 5.11 Å². The average molecular weight is 166 g/mol. The summed E-state index contributed by atoms with van der Waals surface area (Å²) < 4.78 is 0. The molecule has 0 rings (SSSR count). The molecule has 1 N–H and O–H groups in total. The molecule has 0 aliphatic heterocycles. The molecule has 0 amide bonds. The van der Waals surface area contributed by atoms with Crippen LogP contribution in [0.5, 0.6) is 0 Å². The molecular weight excluding hydrogens is 152 g/mol. The summed E-state index contributed by atoms with van der Waals surface area (Å²) in [5, 5.41) is 8.22. The Hall–Kier alpha value is -1.31. The molecule has 0 radical (unpaired) electrons. The second kappa shape index (κ2) is 7.79. The van der Waals surface area contributed by atoms with Crippen molar-refractivity contribution in [3.63, 3.8) is 0 Å². The lowest BCUT2D eigenvalue weighted by molar-refractivity contribution is -0.131. The summed E-state index contributed by atoms with van der Waals surface area (Å²) >= 11 is 0. The Morgan fingerprint density at radius 2 is 1.92 bits per heavy atom. The predicted molar refractivity (Wildman–Crippen MR) is 50.0 cm³/mol. The third-order valence-electron chi connectivity index (χ3n) is 1.16. The maximum absolute atomic E-state index is 10.00. The van der Waals surface area contributed by atoms with E-state index < -0.39 is 5.97 Å². The summed E-state index contributed by atoms with van der Waals surface area (Å²) in [5.74, 6) is -0.919. The largest absolute Gasteiger partial charge is 0.478 e. The fourth-order valence-electron chi connectivity index (χ4n) is 0.608. The number of hydrogen-bond donors (Lipinski definition) is 1. The number of carboxylic acids is 1. The molecule has 0 heterocycles. The van der Waals surface area contributed by atoms with Gasteiger partial charge in [-0.05, 0) is 6.42 Å². The van der Waals surface area contributed by atoms with Crippen molar-refractivity contribution < 1.29 is 9.90 Å². The monoisotopic (exact) mass is 166 g/mol. The third-order valence-corrected chi connectivity index (χ3v) is 1.16. The van der Waals surface area contributed by atoms with E-state index in [0.717, 1.165) is 18.9 Å². The number of allylic oxidation sites excluding steroid dienone is 5. The number of rotatable bonds is 5. The first-order chi connectivity index (χ1) is 5.77. The molecule has 0 atom stereocenters. The number of carbonyl (C=O) groups is 1. The minimum atomic E-state index is -0.919. The summed E-state index contributed by atoms with van der Waals surface area (Å²) in [4.78, 5) is 10.00. The molecule has 0 saturated carbocycles. The lowest BCUT2D eigenvalue weighted by Crippen LogP contribution is -1.84. The van der Waals surface area contributed by atoms with Gasteiger partial charge in [0.25, 0.3) is 0 Å². The molecule has 2 heteroatoms. The van der Waals surface area contributed by atoms with Gasteiger partial charge in [0.15, 0.2) is 0 Å². The minimum absolute atomic E-state index is 0.919. The van der Waals surface area contributed by atoms with Gasteiger partial charge in [0, 0.05) is 6.08 Å². The van der Waals surface area contributed by atoms with Crippen molar-refractivity contribution in [3.8, 4) is 0 Å². The molecule has 0 fully saturated rings. The maximum Gasteiger partial charge on any atom is 0.328 e. The van der Waals surface area contributed by atoms with E-state index in [9.17, 15) is 4.79 Å². The Morgan fingerprint density at radius 1 is 1.25 bits per heavy atom. The lowest BCUT2D eigenvalue weighted by atomic mass is 10.3. The number of unbranched alkanes of at least 4 members (excludes halogenated alkanes) is 1. The van der Waals surface area contributed by atoms with E-state index in [-0.39, 0.29) is 0 Å². The highest BCUT2D eigenvalue weighted by Crippen LogP contribution is 1.88.